The van der Waals surface area contributed by atoms with Gasteiger partial charge in [-0.1, -0.05) is 272 Å². The molecule has 0 saturated carbocycles. The lowest BCUT2D eigenvalue weighted by molar-refractivity contribution is 0.586. The van der Waals surface area contributed by atoms with E-state index in [1.165, 1.54) is 194 Å². The SMILES string of the molecule is C#Cc1cc2cc(C#Cc3cc(C#Cc4cc5cc(C#Cc6cc(C#Cc7cc8cc(C#C)c9cccc(C)c9c8c8c(C)cccc78)cc(SCCCCCCCCCC)c6)c6cccc(C)c6c5c5c(C)cccc45)cc(SCCCCCCCCCC)c3)c3cccc(C)c3c2c2c(C)cccc12. The van der Waals surface area contributed by atoms with Crippen molar-refractivity contribution in [2.75, 3.05) is 11.5 Å². The highest BCUT2D eigenvalue weighted by molar-refractivity contribution is 7.99. The molecule has 0 heterocycles. The lowest BCUT2D eigenvalue weighted by Gasteiger charge is -2.15. The van der Waals surface area contributed by atoms with Gasteiger partial charge in [0.25, 0.3) is 0 Å². The molecule has 0 N–H and O–H groups in total. The molecule has 0 aromatic heterocycles. The Bertz CT molecular complexity index is 5810. The van der Waals surface area contributed by atoms with Crippen LogP contribution in [0.2, 0.25) is 0 Å². The number of aryl methyl sites for hydroxylation is 6. The summed E-state index contributed by atoms with van der Waals surface area (Å²) in [4.78, 5) is 2.37. The summed E-state index contributed by atoms with van der Waals surface area (Å²) in [5.41, 5.74) is 16.8. The molecule has 520 valence electrons. The van der Waals surface area contributed by atoms with Crippen LogP contribution >= 0.6 is 23.5 Å². The second kappa shape index (κ2) is 33.3. The van der Waals surface area contributed by atoms with E-state index in [9.17, 15) is 0 Å². The summed E-state index contributed by atoms with van der Waals surface area (Å²) in [7, 11) is 0. The first-order chi connectivity index (χ1) is 51.9. The van der Waals surface area contributed by atoms with Gasteiger partial charge in [-0.25, -0.2) is 0 Å². The Kier molecular flexibility index (Phi) is 22.7. The van der Waals surface area contributed by atoms with Crippen LogP contribution in [0, 0.1) is 114 Å². The molecule has 0 aliphatic rings. The fraction of sp³-hybridized carbons (Fsp3) is 0.250. The standard InChI is InChI=1S/C104H92S2/c1-11-15-17-19-21-23-25-27-55-105-88-59-75(47-51-81-65-85-63-79(13-3)90-41-29-35-69(5)96(90)102(85)98-71(7)37-31-43-92(81)98)57-77(61-88)49-53-83-67-87-68-84(95-46-34-40-74(10)101(95)104(87)100-73(9)39-33-45-94(83)100)54-50-78-58-76(60-89(62-78)106-56-28-26-24-22-20-18-16-12-2)48-52-82-66-86-64-80(14-4)91-42-30-36-70(6)97(91)103(86)99-72(8)38-32-44-93(82)99/h3-4,29-46,57-68H,11-12,15-28,55-56H2,1-2,5-10H3. The van der Waals surface area contributed by atoms with E-state index in [1.54, 1.807) is 0 Å². The molecule has 0 amide bonds. The monoisotopic (exact) mass is 1400 g/mol. The van der Waals surface area contributed by atoms with E-state index < -0.39 is 0 Å². The molecule has 0 radical (unpaired) electrons. The van der Waals surface area contributed by atoms with Crippen molar-refractivity contribution in [3.63, 3.8) is 0 Å². The first kappa shape index (κ1) is 72.4. The van der Waals surface area contributed by atoms with E-state index in [4.69, 9.17) is 12.8 Å². The molecular formula is C104H92S2. The number of fused-ring (bicyclic) bond motifs is 15. The van der Waals surface area contributed by atoms with Crippen LogP contribution in [0.3, 0.4) is 0 Å². The molecule has 14 aromatic carbocycles. The maximum absolute atomic E-state index is 6.25. The summed E-state index contributed by atoms with van der Waals surface area (Å²) in [5.74, 6) is 38.1. The molecule has 0 saturated heterocycles. The van der Waals surface area contributed by atoms with E-state index >= 15 is 0 Å². The Morgan fingerprint density at radius 1 is 0.245 bits per heavy atom. The highest BCUT2D eigenvalue weighted by Crippen LogP contribution is 2.43. The van der Waals surface area contributed by atoms with Crippen LogP contribution in [0.1, 0.15) is 206 Å². The molecule has 14 rings (SSSR count). The fourth-order valence-corrected chi connectivity index (χ4v) is 18.3. The zero-order chi connectivity index (χ0) is 73.2. The molecule has 0 nitrogen and oxygen atoms in total. The van der Waals surface area contributed by atoms with Gasteiger partial charge in [-0.05, 0) is 269 Å². The number of unbranched alkanes of at least 4 members (excludes halogenated alkanes) is 14. The Labute approximate surface area is 638 Å². The minimum Gasteiger partial charge on any atom is -0.126 e. The molecular weight excluding hydrogens is 1310 g/mol. The van der Waals surface area contributed by atoms with Gasteiger partial charge in [0.05, 0.1) is 0 Å². The van der Waals surface area contributed by atoms with Crippen molar-refractivity contribution in [1.82, 2.24) is 0 Å². The normalized spacial score (nSPS) is 11.3. The number of terminal acetylenes is 2. The summed E-state index contributed by atoms with van der Waals surface area (Å²) >= 11 is 3.85. The fourth-order valence-electron chi connectivity index (χ4n) is 16.3. The van der Waals surface area contributed by atoms with Gasteiger partial charge in [0, 0.05) is 65.4 Å². The topological polar surface area (TPSA) is 0 Å². The maximum Gasteiger partial charge on any atom is 0.0334 e. The Hall–Kier alpha value is -10.5. The van der Waals surface area contributed by atoms with Crippen LogP contribution in [-0.2, 0) is 0 Å². The zero-order valence-corrected chi connectivity index (χ0v) is 64.7. The first-order valence-corrected chi connectivity index (χ1v) is 40.6. The summed E-state index contributed by atoms with van der Waals surface area (Å²) < 4.78 is 0. The number of thioether (sulfide) groups is 2. The second-order valence-electron chi connectivity index (χ2n) is 29.3. The lowest BCUT2D eigenvalue weighted by Crippen LogP contribution is -1.93. The van der Waals surface area contributed by atoms with E-state index in [0.29, 0.717) is 0 Å². The van der Waals surface area contributed by atoms with Crippen molar-refractivity contribution < 1.29 is 0 Å². The predicted molar refractivity (Wildman–Crippen MR) is 465 cm³/mol. The number of rotatable bonds is 20. The van der Waals surface area contributed by atoms with E-state index in [2.05, 4.69) is 297 Å². The van der Waals surface area contributed by atoms with Gasteiger partial charge in [-0.15, -0.1) is 36.4 Å². The van der Waals surface area contributed by atoms with E-state index in [1.807, 2.05) is 23.5 Å². The third kappa shape index (κ3) is 15.4. The average molecular weight is 1410 g/mol. The van der Waals surface area contributed by atoms with Crippen LogP contribution in [-0.4, -0.2) is 11.5 Å². The third-order valence-corrected chi connectivity index (χ3v) is 23.7. The number of hydrogen-bond donors (Lipinski definition) is 0. The van der Waals surface area contributed by atoms with Gasteiger partial charge in [-0.3, -0.25) is 0 Å². The van der Waals surface area contributed by atoms with E-state index in [0.717, 1.165) is 116 Å². The van der Waals surface area contributed by atoms with Gasteiger partial charge in [0.2, 0.25) is 0 Å². The quantitative estimate of drug-likeness (QED) is 0.0323. The van der Waals surface area contributed by atoms with Gasteiger partial charge >= 0.3 is 0 Å². The molecule has 106 heavy (non-hydrogen) atoms. The van der Waals surface area contributed by atoms with Crippen LogP contribution in [0.5, 0.6) is 0 Å². The van der Waals surface area contributed by atoms with Gasteiger partial charge in [-0.2, -0.15) is 0 Å². The summed E-state index contributed by atoms with van der Waals surface area (Å²) in [6.45, 7) is 17.9. The highest BCUT2D eigenvalue weighted by atomic mass is 32.2. The molecule has 0 fully saturated rings. The summed E-state index contributed by atoms with van der Waals surface area (Å²) in [6, 6.07) is 66.5. The van der Waals surface area contributed by atoms with Crippen molar-refractivity contribution in [2.45, 2.75) is 168 Å². The van der Waals surface area contributed by atoms with Crippen LogP contribution in [0.4, 0.5) is 0 Å². The van der Waals surface area contributed by atoms with Gasteiger partial charge < -0.3 is 0 Å². The van der Waals surface area contributed by atoms with Crippen molar-refractivity contribution in [1.29, 1.82) is 0 Å². The van der Waals surface area contributed by atoms with Gasteiger partial charge in [0.15, 0.2) is 0 Å². The molecule has 2 heteroatoms. The smallest absolute Gasteiger partial charge is 0.0334 e. The summed E-state index contributed by atoms with van der Waals surface area (Å²) in [6.07, 6.45) is 33.1. The Balaban J connectivity index is 0.858. The van der Waals surface area contributed by atoms with Crippen molar-refractivity contribution in [3.8, 4) is 72.1 Å². The van der Waals surface area contributed by atoms with Crippen LogP contribution in [0.25, 0.3) is 97.0 Å². The molecule has 0 aliphatic heterocycles. The van der Waals surface area contributed by atoms with E-state index in [-0.39, 0.29) is 0 Å². The predicted octanol–water partition coefficient (Wildman–Crippen LogP) is 27.9. The molecule has 0 unspecified atom stereocenters. The largest absolute Gasteiger partial charge is 0.126 e. The molecule has 0 aliphatic carbocycles. The first-order valence-electron chi connectivity index (χ1n) is 38.6. The van der Waals surface area contributed by atoms with Crippen molar-refractivity contribution >= 4 is 120 Å². The average Bonchev–Trinajstić information content (AvgIpc) is 0.737. The Morgan fingerprint density at radius 2 is 0.472 bits per heavy atom. The van der Waals surface area contributed by atoms with Crippen molar-refractivity contribution in [3.05, 3.63) is 271 Å². The molecule has 0 spiro atoms. The van der Waals surface area contributed by atoms with Crippen molar-refractivity contribution in [2.24, 2.45) is 0 Å². The number of hydrogen-bond acceptors (Lipinski definition) is 2. The molecule has 0 atom stereocenters. The maximum atomic E-state index is 6.25. The molecule has 0 bridgehead atoms. The third-order valence-electron chi connectivity index (χ3n) is 21.6. The lowest BCUT2D eigenvalue weighted by atomic mass is 9.88. The number of benzene rings is 14. The molecule has 14 aromatic rings. The Morgan fingerprint density at radius 3 is 0.717 bits per heavy atom. The van der Waals surface area contributed by atoms with Crippen LogP contribution < -0.4 is 0 Å². The van der Waals surface area contributed by atoms with Crippen LogP contribution in [0.15, 0.2) is 192 Å². The van der Waals surface area contributed by atoms with Gasteiger partial charge in [0.1, 0.15) is 0 Å². The summed E-state index contributed by atoms with van der Waals surface area (Å²) in [5, 5.41) is 21.1. The minimum absolute atomic E-state index is 0.897. The second-order valence-corrected chi connectivity index (χ2v) is 31.6. The zero-order valence-electron chi connectivity index (χ0n) is 63.0. The minimum atomic E-state index is 0.897. The highest BCUT2D eigenvalue weighted by Gasteiger charge is 2.19.